The molecule has 0 saturated carbocycles. The second-order valence-electron chi connectivity index (χ2n) is 7.36. The van der Waals surface area contributed by atoms with Gasteiger partial charge in [0.05, 0.1) is 11.7 Å². The molecule has 1 unspecified atom stereocenters. The molecule has 0 fully saturated rings. The van der Waals surface area contributed by atoms with Crippen LogP contribution in [0, 0.1) is 5.82 Å². The largest absolute Gasteiger partial charge is 0.487 e. The summed E-state index contributed by atoms with van der Waals surface area (Å²) in [6.45, 7) is 0.305. The van der Waals surface area contributed by atoms with E-state index in [2.05, 4.69) is 10.3 Å². The van der Waals surface area contributed by atoms with E-state index in [1.165, 1.54) is 12.1 Å². The van der Waals surface area contributed by atoms with Crippen LogP contribution in [0.1, 0.15) is 34.1 Å². The van der Waals surface area contributed by atoms with Crippen LogP contribution in [0.3, 0.4) is 0 Å². The standard InChI is InChI=1S/C24H20FN3O2S/c25-17-7-8-22-20(13-17)21(9-11-31-22)27-24(29)16-4-3-5-19(12-16)30-15-18-14-28-10-2-1-6-23(28)26-18/h1-8,10,12-14,21H,9,11,15H2,(H,27,29). The zero-order valence-electron chi connectivity index (χ0n) is 16.6. The number of aromatic nitrogens is 2. The minimum absolute atomic E-state index is 0.203. The summed E-state index contributed by atoms with van der Waals surface area (Å²) < 4.78 is 21.5. The van der Waals surface area contributed by atoms with Gasteiger partial charge in [-0.1, -0.05) is 12.1 Å². The summed E-state index contributed by atoms with van der Waals surface area (Å²) in [5.41, 5.74) is 3.00. The van der Waals surface area contributed by atoms with Crippen molar-refractivity contribution in [3.05, 3.63) is 95.7 Å². The van der Waals surface area contributed by atoms with Crippen LogP contribution >= 0.6 is 11.8 Å². The molecule has 0 saturated heterocycles. The molecule has 156 valence electrons. The first-order chi connectivity index (χ1) is 15.2. The van der Waals surface area contributed by atoms with E-state index < -0.39 is 0 Å². The molecule has 0 bridgehead atoms. The van der Waals surface area contributed by atoms with Gasteiger partial charge in [-0.3, -0.25) is 4.79 Å². The van der Waals surface area contributed by atoms with Crippen molar-refractivity contribution in [1.82, 2.24) is 14.7 Å². The second kappa shape index (κ2) is 8.43. The van der Waals surface area contributed by atoms with E-state index >= 15 is 0 Å². The number of ether oxygens (including phenoxy) is 1. The number of thioether (sulfide) groups is 1. The molecule has 1 aliphatic rings. The second-order valence-corrected chi connectivity index (χ2v) is 8.50. The van der Waals surface area contributed by atoms with Gasteiger partial charge in [0.1, 0.15) is 23.8 Å². The fraction of sp³-hybridized carbons (Fsp3) is 0.167. The van der Waals surface area contributed by atoms with Gasteiger partial charge in [-0.05, 0) is 60.5 Å². The van der Waals surface area contributed by atoms with Crippen LogP contribution in [-0.4, -0.2) is 21.0 Å². The average Bonchev–Trinajstić information content (AvgIpc) is 3.21. The number of nitrogens with one attached hydrogen (secondary N) is 1. The zero-order valence-corrected chi connectivity index (χ0v) is 17.4. The first kappa shape index (κ1) is 19.6. The maximum absolute atomic E-state index is 13.7. The summed E-state index contributed by atoms with van der Waals surface area (Å²) in [7, 11) is 0. The molecule has 7 heteroatoms. The van der Waals surface area contributed by atoms with Gasteiger partial charge in [0.25, 0.3) is 5.91 Å². The fourth-order valence-electron chi connectivity index (χ4n) is 3.70. The monoisotopic (exact) mass is 433 g/mol. The zero-order chi connectivity index (χ0) is 21.2. The highest BCUT2D eigenvalue weighted by atomic mass is 32.2. The third-order valence-electron chi connectivity index (χ3n) is 5.21. The van der Waals surface area contributed by atoms with E-state index in [9.17, 15) is 9.18 Å². The molecule has 1 N–H and O–H groups in total. The lowest BCUT2D eigenvalue weighted by molar-refractivity contribution is 0.0934. The number of rotatable bonds is 5. The molecular formula is C24H20FN3O2S. The Morgan fingerprint density at radius 3 is 3.03 bits per heavy atom. The molecule has 5 rings (SSSR count). The van der Waals surface area contributed by atoms with Gasteiger partial charge in [0.15, 0.2) is 0 Å². The fourth-order valence-corrected chi connectivity index (χ4v) is 4.80. The maximum Gasteiger partial charge on any atom is 0.251 e. The third kappa shape index (κ3) is 4.27. The first-order valence-electron chi connectivity index (χ1n) is 10.0. The van der Waals surface area contributed by atoms with Gasteiger partial charge >= 0.3 is 0 Å². The first-order valence-corrected chi connectivity index (χ1v) is 11.0. The molecule has 1 atom stereocenters. The Bertz CT molecular complexity index is 1220. The van der Waals surface area contributed by atoms with E-state index in [4.69, 9.17) is 4.74 Å². The molecule has 2 aromatic carbocycles. The third-order valence-corrected chi connectivity index (χ3v) is 6.34. The Balaban J connectivity index is 1.28. The van der Waals surface area contributed by atoms with Crippen molar-refractivity contribution in [2.75, 3.05) is 5.75 Å². The number of hydrogen-bond donors (Lipinski definition) is 1. The maximum atomic E-state index is 13.7. The molecular weight excluding hydrogens is 413 g/mol. The van der Waals surface area contributed by atoms with Crippen molar-refractivity contribution in [2.45, 2.75) is 24.0 Å². The number of hydrogen-bond acceptors (Lipinski definition) is 4. The van der Waals surface area contributed by atoms with Crippen LogP contribution in [0.2, 0.25) is 0 Å². The Morgan fingerprint density at radius 1 is 1.19 bits per heavy atom. The minimum Gasteiger partial charge on any atom is -0.487 e. The summed E-state index contributed by atoms with van der Waals surface area (Å²) in [5.74, 6) is 0.981. The van der Waals surface area contributed by atoms with Crippen LogP contribution in [0.25, 0.3) is 5.65 Å². The number of carbonyl (C=O) groups excluding carboxylic acids is 1. The molecule has 31 heavy (non-hydrogen) atoms. The molecule has 0 aliphatic carbocycles. The van der Waals surface area contributed by atoms with Gasteiger partial charge in [0.2, 0.25) is 0 Å². The highest BCUT2D eigenvalue weighted by Gasteiger charge is 2.23. The highest BCUT2D eigenvalue weighted by Crippen LogP contribution is 2.36. The highest BCUT2D eigenvalue weighted by molar-refractivity contribution is 7.99. The summed E-state index contributed by atoms with van der Waals surface area (Å²) >= 11 is 1.69. The number of fused-ring (bicyclic) bond motifs is 2. The molecule has 1 amide bonds. The molecule has 2 aromatic heterocycles. The van der Waals surface area contributed by atoms with Gasteiger partial charge in [-0.25, -0.2) is 9.37 Å². The quantitative estimate of drug-likeness (QED) is 0.480. The molecule has 1 aliphatic heterocycles. The van der Waals surface area contributed by atoms with E-state index in [0.29, 0.717) is 17.9 Å². The molecule has 0 radical (unpaired) electrons. The molecule has 3 heterocycles. The van der Waals surface area contributed by atoms with Crippen molar-refractivity contribution in [3.8, 4) is 5.75 Å². The number of imidazole rings is 1. The summed E-state index contributed by atoms with van der Waals surface area (Å²) in [4.78, 5) is 18.4. The number of carbonyl (C=O) groups is 1. The van der Waals surface area contributed by atoms with Crippen LogP contribution in [-0.2, 0) is 6.61 Å². The predicted octanol–water partition coefficient (Wildman–Crippen LogP) is 5.02. The summed E-state index contributed by atoms with van der Waals surface area (Å²) in [6.07, 6.45) is 4.62. The predicted molar refractivity (Wildman–Crippen MR) is 118 cm³/mol. The van der Waals surface area contributed by atoms with Crippen LogP contribution in [0.5, 0.6) is 5.75 Å². The normalized spacial score (nSPS) is 15.5. The Hall–Kier alpha value is -3.32. The van der Waals surface area contributed by atoms with Gasteiger partial charge < -0.3 is 14.5 Å². The molecule has 4 aromatic rings. The number of nitrogens with zero attached hydrogens (tertiary/aromatic N) is 2. The Labute approximate surface area is 183 Å². The molecule has 0 spiro atoms. The number of halogens is 1. The van der Waals surface area contributed by atoms with Gasteiger partial charge in [-0.2, -0.15) is 0 Å². The van der Waals surface area contributed by atoms with Crippen LogP contribution in [0.4, 0.5) is 4.39 Å². The average molecular weight is 434 g/mol. The van der Waals surface area contributed by atoms with E-state index in [1.54, 1.807) is 36.0 Å². The Morgan fingerprint density at radius 2 is 2.13 bits per heavy atom. The molecule has 5 nitrogen and oxygen atoms in total. The van der Waals surface area contributed by atoms with E-state index in [-0.39, 0.29) is 17.8 Å². The van der Waals surface area contributed by atoms with Crippen molar-refractivity contribution < 1.29 is 13.9 Å². The van der Waals surface area contributed by atoms with Gasteiger partial charge in [-0.15, -0.1) is 11.8 Å². The topological polar surface area (TPSA) is 55.6 Å². The lowest BCUT2D eigenvalue weighted by Crippen LogP contribution is -2.30. The van der Waals surface area contributed by atoms with Crippen molar-refractivity contribution in [3.63, 3.8) is 0 Å². The van der Waals surface area contributed by atoms with Crippen molar-refractivity contribution >= 4 is 23.3 Å². The van der Waals surface area contributed by atoms with Gasteiger partial charge in [0, 0.05) is 28.6 Å². The summed E-state index contributed by atoms with van der Waals surface area (Å²) in [6, 6.07) is 17.4. The SMILES string of the molecule is O=C(NC1CCSc2ccc(F)cc21)c1cccc(OCc2cn3ccccc3n2)c1. The van der Waals surface area contributed by atoms with Crippen LogP contribution in [0.15, 0.2) is 78.0 Å². The Kier molecular flexibility index (Phi) is 5.34. The lowest BCUT2D eigenvalue weighted by Gasteiger charge is -2.26. The number of pyridine rings is 1. The number of amides is 1. The van der Waals surface area contributed by atoms with Crippen molar-refractivity contribution in [2.24, 2.45) is 0 Å². The summed E-state index contributed by atoms with van der Waals surface area (Å²) in [5, 5.41) is 3.05. The van der Waals surface area contributed by atoms with E-state index in [1.807, 2.05) is 41.1 Å². The smallest absolute Gasteiger partial charge is 0.251 e. The van der Waals surface area contributed by atoms with Crippen molar-refractivity contribution in [1.29, 1.82) is 0 Å². The van der Waals surface area contributed by atoms with Crippen LogP contribution < -0.4 is 10.1 Å². The number of benzene rings is 2. The lowest BCUT2D eigenvalue weighted by atomic mass is 10.0. The minimum atomic E-state index is -0.289. The van der Waals surface area contributed by atoms with E-state index in [0.717, 1.165) is 34.0 Å².